The van der Waals surface area contributed by atoms with Gasteiger partial charge in [0.05, 0.1) is 11.4 Å². The van der Waals surface area contributed by atoms with Crippen molar-refractivity contribution in [3.8, 4) is 11.1 Å². The highest BCUT2D eigenvalue weighted by Crippen LogP contribution is 2.36. The summed E-state index contributed by atoms with van der Waals surface area (Å²) >= 11 is 0. The summed E-state index contributed by atoms with van der Waals surface area (Å²) < 4.78 is 1.49. The monoisotopic (exact) mass is 400 g/mol. The summed E-state index contributed by atoms with van der Waals surface area (Å²) in [5.74, 6) is -1.85. The number of hydrogen-bond acceptors (Lipinski definition) is 3. The van der Waals surface area contributed by atoms with Crippen LogP contribution in [0.25, 0.3) is 33.1 Å². The minimum absolute atomic E-state index is 0.304. The van der Waals surface area contributed by atoms with Gasteiger partial charge >= 0.3 is 5.97 Å². The first kappa shape index (κ1) is 19.8. The van der Waals surface area contributed by atoms with Crippen LogP contribution in [0.5, 0.6) is 0 Å². The van der Waals surface area contributed by atoms with Crippen LogP contribution >= 0.6 is 0 Å². The van der Waals surface area contributed by atoms with Gasteiger partial charge in [0.2, 0.25) is 0 Å². The van der Waals surface area contributed by atoms with Crippen molar-refractivity contribution in [1.29, 1.82) is 0 Å². The molecule has 1 unspecified atom stereocenters. The van der Waals surface area contributed by atoms with E-state index in [1.165, 1.54) is 4.57 Å². The van der Waals surface area contributed by atoms with Crippen molar-refractivity contribution >= 4 is 27.9 Å². The smallest absolute Gasteiger partial charge is 0.311 e. The first-order chi connectivity index (χ1) is 14.4. The summed E-state index contributed by atoms with van der Waals surface area (Å²) in [6, 6.07) is 17.6. The van der Waals surface area contributed by atoms with Gasteiger partial charge in [-0.25, -0.2) is 4.98 Å². The van der Waals surface area contributed by atoms with Gasteiger partial charge in [-0.15, -0.1) is 0 Å². The third-order valence-corrected chi connectivity index (χ3v) is 5.66. The van der Waals surface area contributed by atoms with Crippen LogP contribution in [-0.4, -0.2) is 20.6 Å². The number of carboxylic acid groups (broad SMARTS) is 1. The minimum Gasteiger partial charge on any atom is -0.481 e. The van der Waals surface area contributed by atoms with Gasteiger partial charge in [0, 0.05) is 28.9 Å². The number of para-hydroxylation sites is 1. The number of aliphatic carboxylic acids is 1. The number of nitrogens with zero attached hydrogens (tertiary/aromatic N) is 2. The molecular formula is C25H24N2O3. The molecule has 0 radical (unpaired) electrons. The predicted octanol–water partition coefficient (Wildman–Crippen LogP) is 5.03. The van der Waals surface area contributed by atoms with E-state index in [9.17, 15) is 14.7 Å². The molecule has 4 aromatic rings. The Kier molecular flexibility index (Phi) is 5.12. The lowest BCUT2D eigenvalue weighted by atomic mass is 9.86. The van der Waals surface area contributed by atoms with Crippen LogP contribution in [0.3, 0.4) is 0 Å². The van der Waals surface area contributed by atoms with Crippen LogP contribution in [0.15, 0.2) is 59.4 Å². The summed E-state index contributed by atoms with van der Waals surface area (Å²) in [4.78, 5) is 30.4. The van der Waals surface area contributed by atoms with Crippen molar-refractivity contribution in [2.75, 3.05) is 0 Å². The SMILES string of the molecule is CCCC(C(=O)O)c1c(-c2ccc(C)cc2)c2cc3ccccc3nc2n(C)c1=O. The number of pyridine rings is 2. The van der Waals surface area contributed by atoms with E-state index < -0.39 is 11.9 Å². The Morgan fingerprint density at radius 2 is 1.83 bits per heavy atom. The summed E-state index contributed by atoms with van der Waals surface area (Å²) in [5, 5.41) is 11.7. The fraction of sp³-hybridized carbons (Fsp3) is 0.240. The zero-order chi connectivity index (χ0) is 21.4. The van der Waals surface area contributed by atoms with Crippen LogP contribution in [0.2, 0.25) is 0 Å². The number of carboxylic acids is 1. The van der Waals surface area contributed by atoms with Crippen molar-refractivity contribution in [3.63, 3.8) is 0 Å². The molecule has 0 amide bonds. The van der Waals surface area contributed by atoms with Gasteiger partial charge in [0.25, 0.3) is 5.56 Å². The minimum atomic E-state index is -0.976. The number of fused-ring (bicyclic) bond motifs is 2. The molecule has 5 heteroatoms. The first-order valence-corrected chi connectivity index (χ1v) is 10.1. The Morgan fingerprint density at radius 1 is 1.13 bits per heavy atom. The van der Waals surface area contributed by atoms with Gasteiger partial charge in [-0.2, -0.15) is 0 Å². The Hall–Kier alpha value is -3.47. The largest absolute Gasteiger partial charge is 0.481 e. The number of hydrogen-bond donors (Lipinski definition) is 1. The van der Waals surface area contributed by atoms with Crippen molar-refractivity contribution in [2.45, 2.75) is 32.6 Å². The van der Waals surface area contributed by atoms with Gasteiger partial charge in [-0.3, -0.25) is 14.2 Å². The maximum absolute atomic E-state index is 13.5. The number of benzene rings is 2. The second kappa shape index (κ2) is 7.75. The number of carbonyl (C=O) groups is 1. The predicted molar refractivity (Wildman–Crippen MR) is 120 cm³/mol. The third-order valence-electron chi connectivity index (χ3n) is 5.66. The second-order valence-electron chi connectivity index (χ2n) is 7.75. The Labute approximate surface area is 174 Å². The maximum Gasteiger partial charge on any atom is 0.311 e. The van der Waals surface area contributed by atoms with E-state index in [4.69, 9.17) is 4.98 Å². The molecule has 0 aliphatic rings. The molecule has 0 aliphatic heterocycles. The van der Waals surface area contributed by atoms with Crippen LogP contribution in [-0.2, 0) is 11.8 Å². The van der Waals surface area contributed by atoms with Crippen molar-refractivity contribution in [2.24, 2.45) is 7.05 Å². The van der Waals surface area contributed by atoms with Crippen LogP contribution < -0.4 is 5.56 Å². The number of aryl methyl sites for hydroxylation is 2. The second-order valence-corrected chi connectivity index (χ2v) is 7.75. The van der Waals surface area contributed by atoms with E-state index in [0.29, 0.717) is 29.6 Å². The molecule has 0 fully saturated rings. The molecule has 152 valence electrons. The molecule has 1 N–H and O–H groups in total. The van der Waals surface area contributed by atoms with Gasteiger partial charge in [0.15, 0.2) is 0 Å². The van der Waals surface area contributed by atoms with E-state index in [0.717, 1.165) is 27.4 Å². The molecule has 1 atom stereocenters. The average Bonchev–Trinajstić information content (AvgIpc) is 2.74. The Morgan fingerprint density at radius 3 is 2.50 bits per heavy atom. The van der Waals surface area contributed by atoms with Crippen molar-refractivity contribution in [1.82, 2.24) is 9.55 Å². The highest BCUT2D eigenvalue weighted by Gasteiger charge is 2.29. The zero-order valence-corrected chi connectivity index (χ0v) is 17.3. The van der Waals surface area contributed by atoms with Crippen molar-refractivity contribution in [3.05, 3.63) is 76.1 Å². The van der Waals surface area contributed by atoms with E-state index in [-0.39, 0.29) is 5.56 Å². The van der Waals surface area contributed by atoms with E-state index in [1.54, 1.807) is 7.05 Å². The molecule has 0 saturated heterocycles. The highest BCUT2D eigenvalue weighted by atomic mass is 16.4. The molecular weight excluding hydrogens is 376 g/mol. The molecule has 30 heavy (non-hydrogen) atoms. The number of rotatable bonds is 5. The molecule has 2 heterocycles. The topological polar surface area (TPSA) is 72.2 Å². The van der Waals surface area contributed by atoms with Crippen LogP contribution in [0.1, 0.15) is 36.8 Å². The molecule has 0 saturated carbocycles. The van der Waals surface area contributed by atoms with E-state index >= 15 is 0 Å². The van der Waals surface area contributed by atoms with Gasteiger partial charge in [-0.05, 0) is 31.0 Å². The average molecular weight is 400 g/mol. The zero-order valence-electron chi connectivity index (χ0n) is 17.3. The Balaban J connectivity index is 2.21. The Bertz CT molecular complexity index is 1320. The number of aromatic nitrogens is 2. The fourth-order valence-corrected chi connectivity index (χ4v) is 4.11. The maximum atomic E-state index is 13.5. The van der Waals surface area contributed by atoms with E-state index in [1.807, 2.05) is 68.4 Å². The molecule has 4 rings (SSSR count). The third kappa shape index (κ3) is 3.26. The fourth-order valence-electron chi connectivity index (χ4n) is 4.11. The lowest BCUT2D eigenvalue weighted by Crippen LogP contribution is -2.28. The quantitative estimate of drug-likeness (QED) is 0.477. The van der Waals surface area contributed by atoms with Gasteiger partial charge in [0.1, 0.15) is 5.65 Å². The molecule has 2 aromatic heterocycles. The normalized spacial score (nSPS) is 12.4. The molecule has 0 bridgehead atoms. The molecule has 2 aromatic carbocycles. The summed E-state index contributed by atoms with van der Waals surface area (Å²) in [5.41, 5.74) is 3.98. The summed E-state index contributed by atoms with van der Waals surface area (Å²) in [6.07, 6.45) is 1.07. The lowest BCUT2D eigenvalue weighted by molar-refractivity contribution is -0.139. The highest BCUT2D eigenvalue weighted by molar-refractivity contribution is 6.02. The lowest BCUT2D eigenvalue weighted by Gasteiger charge is -2.20. The van der Waals surface area contributed by atoms with Gasteiger partial charge in [-0.1, -0.05) is 61.4 Å². The summed E-state index contributed by atoms with van der Waals surface area (Å²) in [6.45, 7) is 3.93. The molecule has 5 nitrogen and oxygen atoms in total. The van der Waals surface area contributed by atoms with Crippen LogP contribution in [0.4, 0.5) is 0 Å². The molecule has 0 spiro atoms. The molecule has 0 aliphatic carbocycles. The summed E-state index contributed by atoms with van der Waals surface area (Å²) in [7, 11) is 1.67. The van der Waals surface area contributed by atoms with Crippen LogP contribution in [0, 0.1) is 6.92 Å². The van der Waals surface area contributed by atoms with Gasteiger partial charge < -0.3 is 5.11 Å². The standard InChI is InChI=1S/C25H24N2O3/c1-4-7-18(25(29)30)22-21(16-12-10-15(2)11-13-16)19-14-17-8-5-6-9-20(17)26-23(19)27(3)24(22)28/h5-6,8-14,18H,4,7H2,1-3H3,(H,29,30). The van der Waals surface area contributed by atoms with Crippen molar-refractivity contribution < 1.29 is 9.90 Å². The first-order valence-electron chi connectivity index (χ1n) is 10.1. The van der Waals surface area contributed by atoms with E-state index in [2.05, 4.69) is 0 Å².